The van der Waals surface area contributed by atoms with Crippen LogP contribution >= 0.6 is 0 Å². The zero-order valence-corrected chi connectivity index (χ0v) is 8.67. The van der Waals surface area contributed by atoms with E-state index in [-0.39, 0.29) is 5.54 Å². The van der Waals surface area contributed by atoms with Crippen molar-refractivity contribution in [3.8, 4) is 0 Å². The van der Waals surface area contributed by atoms with Crippen molar-refractivity contribution in [3.05, 3.63) is 18.1 Å². The zero-order chi connectivity index (χ0) is 10.0. The summed E-state index contributed by atoms with van der Waals surface area (Å²) < 4.78 is 0. The molecule has 2 N–H and O–H groups in total. The number of rotatable bonds is 2. The maximum absolute atomic E-state index is 4.33. The number of hydrogen-bond acceptors (Lipinski definition) is 4. The van der Waals surface area contributed by atoms with Crippen molar-refractivity contribution in [3.63, 3.8) is 0 Å². The molecular formula is C10H16N4. The van der Waals surface area contributed by atoms with E-state index in [4.69, 9.17) is 0 Å². The molecule has 0 radical (unpaired) electrons. The molecule has 1 saturated heterocycles. The molecular weight excluding hydrogens is 176 g/mol. The van der Waals surface area contributed by atoms with Gasteiger partial charge in [0, 0.05) is 18.3 Å². The molecule has 0 bridgehead atoms. The van der Waals surface area contributed by atoms with Crippen LogP contribution in [0.1, 0.15) is 19.2 Å². The molecule has 1 atom stereocenters. The highest BCUT2D eigenvalue weighted by molar-refractivity contribution is 5.37. The predicted molar refractivity (Wildman–Crippen MR) is 56.3 cm³/mol. The minimum Gasteiger partial charge on any atom is -0.363 e. The van der Waals surface area contributed by atoms with E-state index in [9.17, 15) is 0 Å². The van der Waals surface area contributed by atoms with Crippen LogP contribution in [0.25, 0.3) is 0 Å². The van der Waals surface area contributed by atoms with Gasteiger partial charge in [-0.05, 0) is 32.9 Å². The molecule has 14 heavy (non-hydrogen) atoms. The summed E-state index contributed by atoms with van der Waals surface area (Å²) in [6, 6.07) is 1.91. The van der Waals surface area contributed by atoms with Gasteiger partial charge in [0.2, 0.25) is 0 Å². The fourth-order valence-corrected chi connectivity index (χ4v) is 1.76. The van der Waals surface area contributed by atoms with Crippen LogP contribution in [0.15, 0.2) is 12.3 Å². The molecule has 4 heteroatoms. The van der Waals surface area contributed by atoms with Gasteiger partial charge < -0.3 is 10.6 Å². The smallest absolute Gasteiger partial charge is 0.130 e. The first-order valence-electron chi connectivity index (χ1n) is 4.97. The van der Waals surface area contributed by atoms with Crippen molar-refractivity contribution < 1.29 is 0 Å². The van der Waals surface area contributed by atoms with E-state index in [1.807, 2.05) is 13.0 Å². The van der Waals surface area contributed by atoms with Gasteiger partial charge in [-0.3, -0.25) is 0 Å². The van der Waals surface area contributed by atoms with Crippen molar-refractivity contribution in [2.75, 3.05) is 18.4 Å². The van der Waals surface area contributed by atoms with Gasteiger partial charge in [0.05, 0.1) is 0 Å². The summed E-state index contributed by atoms with van der Waals surface area (Å²) in [5.74, 6) is 1.73. The SMILES string of the molecule is Cc1nccc(NC2(C)CCNC2)n1. The van der Waals surface area contributed by atoms with E-state index in [0.29, 0.717) is 0 Å². The summed E-state index contributed by atoms with van der Waals surface area (Å²) in [5.41, 5.74) is 0.140. The summed E-state index contributed by atoms with van der Waals surface area (Å²) >= 11 is 0. The molecule has 76 valence electrons. The van der Waals surface area contributed by atoms with Gasteiger partial charge in [0.1, 0.15) is 11.6 Å². The number of anilines is 1. The first-order valence-corrected chi connectivity index (χ1v) is 4.97. The lowest BCUT2D eigenvalue weighted by Crippen LogP contribution is -2.37. The van der Waals surface area contributed by atoms with Crippen LogP contribution in [0.3, 0.4) is 0 Å². The van der Waals surface area contributed by atoms with E-state index < -0.39 is 0 Å². The summed E-state index contributed by atoms with van der Waals surface area (Å²) in [7, 11) is 0. The number of aryl methyl sites for hydroxylation is 1. The van der Waals surface area contributed by atoms with Gasteiger partial charge in [-0.25, -0.2) is 9.97 Å². The van der Waals surface area contributed by atoms with Gasteiger partial charge >= 0.3 is 0 Å². The molecule has 1 unspecified atom stereocenters. The molecule has 0 saturated carbocycles. The highest BCUT2D eigenvalue weighted by Gasteiger charge is 2.28. The first-order chi connectivity index (χ1) is 6.68. The molecule has 1 aromatic heterocycles. The average Bonchev–Trinajstić information content (AvgIpc) is 2.51. The van der Waals surface area contributed by atoms with Gasteiger partial charge in [-0.1, -0.05) is 0 Å². The Morgan fingerprint density at radius 2 is 2.43 bits per heavy atom. The van der Waals surface area contributed by atoms with Crippen LogP contribution < -0.4 is 10.6 Å². The van der Waals surface area contributed by atoms with Gasteiger partial charge in [-0.2, -0.15) is 0 Å². The summed E-state index contributed by atoms with van der Waals surface area (Å²) in [4.78, 5) is 8.40. The van der Waals surface area contributed by atoms with Crippen LogP contribution in [-0.2, 0) is 0 Å². The topological polar surface area (TPSA) is 49.8 Å². The van der Waals surface area contributed by atoms with Crippen LogP contribution in [0.4, 0.5) is 5.82 Å². The molecule has 2 heterocycles. The minimum absolute atomic E-state index is 0.140. The van der Waals surface area contributed by atoms with Gasteiger partial charge in [0.15, 0.2) is 0 Å². The summed E-state index contributed by atoms with van der Waals surface area (Å²) in [5, 5.41) is 6.79. The standard InChI is InChI=1S/C10H16N4/c1-8-12-5-3-9(13-8)14-10(2)4-6-11-7-10/h3,5,11H,4,6-7H2,1-2H3,(H,12,13,14). The van der Waals surface area contributed by atoms with Crippen LogP contribution in [-0.4, -0.2) is 28.6 Å². The Kier molecular flexibility index (Phi) is 2.37. The molecule has 4 nitrogen and oxygen atoms in total. The maximum Gasteiger partial charge on any atom is 0.130 e. The number of hydrogen-bond donors (Lipinski definition) is 2. The first kappa shape index (κ1) is 9.40. The lowest BCUT2D eigenvalue weighted by molar-refractivity contribution is 0.564. The quantitative estimate of drug-likeness (QED) is 0.732. The Bertz CT molecular complexity index is 318. The zero-order valence-electron chi connectivity index (χ0n) is 8.67. The van der Waals surface area contributed by atoms with Crippen LogP contribution in [0, 0.1) is 6.92 Å². The van der Waals surface area contributed by atoms with Crippen molar-refractivity contribution in [1.29, 1.82) is 0 Å². The van der Waals surface area contributed by atoms with Crippen LogP contribution in [0.2, 0.25) is 0 Å². The van der Waals surface area contributed by atoms with Crippen molar-refractivity contribution in [2.24, 2.45) is 0 Å². The maximum atomic E-state index is 4.33. The Morgan fingerprint density at radius 1 is 1.57 bits per heavy atom. The van der Waals surface area contributed by atoms with E-state index in [1.165, 1.54) is 0 Å². The third-order valence-electron chi connectivity index (χ3n) is 2.57. The van der Waals surface area contributed by atoms with Gasteiger partial charge in [0.25, 0.3) is 0 Å². The van der Waals surface area contributed by atoms with E-state index in [1.54, 1.807) is 6.20 Å². The lowest BCUT2D eigenvalue weighted by Gasteiger charge is -2.25. The van der Waals surface area contributed by atoms with Gasteiger partial charge in [-0.15, -0.1) is 0 Å². The second-order valence-electron chi connectivity index (χ2n) is 4.10. The van der Waals surface area contributed by atoms with Crippen molar-refractivity contribution in [1.82, 2.24) is 15.3 Å². The minimum atomic E-state index is 0.140. The monoisotopic (exact) mass is 192 g/mol. The number of nitrogens with one attached hydrogen (secondary N) is 2. The third-order valence-corrected chi connectivity index (χ3v) is 2.57. The van der Waals surface area contributed by atoms with E-state index in [0.717, 1.165) is 31.2 Å². The summed E-state index contributed by atoms with van der Waals surface area (Å²) in [6.07, 6.45) is 2.92. The largest absolute Gasteiger partial charge is 0.363 e. The Hall–Kier alpha value is -1.16. The molecule has 1 fully saturated rings. The lowest BCUT2D eigenvalue weighted by atomic mass is 10.0. The number of aromatic nitrogens is 2. The predicted octanol–water partition coefficient (Wildman–Crippen LogP) is 0.949. The molecule has 1 aliphatic rings. The molecule has 2 rings (SSSR count). The molecule has 0 amide bonds. The second-order valence-corrected chi connectivity index (χ2v) is 4.10. The van der Waals surface area contributed by atoms with E-state index >= 15 is 0 Å². The van der Waals surface area contributed by atoms with Crippen LogP contribution in [0.5, 0.6) is 0 Å². The Morgan fingerprint density at radius 3 is 3.07 bits per heavy atom. The molecule has 1 aromatic rings. The molecule has 0 aliphatic carbocycles. The molecule has 0 aromatic carbocycles. The Balaban J connectivity index is 2.10. The number of nitrogens with zero attached hydrogens (tertiary/aromatic N) is 2. The fourth-order valence-electron chi connectivity index (χ4n) is 1.76. The molecule has 0 spiro atoms. The van der Waals surface area contributed by atoms with E-state index in [2.05, 4.69) is 27.5 Å². The van der Waals surface area contributed by atoms with Crippen molar-refractivity contribution in [2.45, 2.75) is 25.8 Å². The highest BCUT2D eigenvalue weighted by Crippen LogP contribution is 2.19. The fraction of sp³-hybridized carbons (Fsp3) is 0.600. The molecule has 1 aliphatic heterocycles. The average molecular weight is 192 g/mol. The highest BCUT2D eigenvalue weighted by atomic mass is 15.1. The summed E-state index contributed by atoms with van der Waals surface area (Å²) in [6.45, 7) is 6.19. The normalized spacial score (nSPS) is 26.4. The Labute approximate surface area is 84.2 Å². The third kappa shape index (κ3) is 2.01. The van der Waals surface area contributed by atoms with Crippen molar-refractivity contribution >= 4 is 5.82 Å². The second kappa shape index (κ2) is 3.53.